The first-order valence-electron chi connectivity index (χ1n) is 5.65. The maximum atomic E-state index is 11.0. The summed E-state index contributed by atoms with van der Waals surface area (Å²) in [4.78, 5) is 21.1. The van der Waals surface area contributed by atoms with E-state index < -0.39 is 0 Å². The molecule has 0 spiro atoms. The Balaban J connectivity index is 2.93. The van der Waals surface area contributed by atoms with Gasteiger partial charge in [0.05, 0.1) is 6.54 Å². The molecule has 17 heavy (non-hydrogen) atoms. The fourth-order valence-corrected chi connectivity index (χ4v) is 1.48. The molecular weight excluding hydrogens is 218 g/mol. The van der Waals surface area contributed by atoms with Crippen LogP contribution >= 0.6 is 0 Å². The molecule has 0 aliphatic rings. The van der Waals surface area contributed by atoms with Gasteiger partial charge in [0, 0.05) is 18.7 Å². The van der Waals surface area contributed by atoms with Gasteiger partial charge in [-0.2, -0.15) is 0 Å². The Morgan fingerprint density at radius 2 is 2.24 bits per heavy atom. The van der Waals surface area contributed by atoms with Crippen molar-refractivity contribution in [1.82, 2.24) is 9.97 Å². The molecule has 0 bridgehead atoms. The molecule has 1 rings (SSSR count). The summed E-state index contributed by atoms with van der Waals surface area (Å²) >= 11 is 0. The molecule has 1 amide bonds. The average Bonchev–Trinajstić information content (AvgIpc) is 2.26. The number of carbonyl (C=O) groups is 1. The monoisotopic (exact) mass is 237 g/mol. The number of nitrogens with one attached hydrogen (secondary N) is 1. The van der Waals surface area contributed by atoms with Gasteiger partial charge in [0.2, 0.25) is 5.91 Å². The standard InChI is InChI=1S/C11H19N5O/c1-4-13-10-5-11(15-7-14-10)16(8(2)3)6-9(12)17/h5,7-8H,4,6H2,1-3H3,(H2,12,17)(H,13,14,15). The molecule has 0 aliphatic heterocycles. The van der Waals surface area contributed by atoms with Crippen molar-refractivity contribution in [2.45, 2.75) is 26.8 Å². The van der Waals surface area contributed by atoms with Gasteiger partial charge in [-0.05, 0) is 20.8 Å². The Morgan fingerprint density at radius 3 is 2.76 bits per heavy atom. The lowest BCUT2D eigenvalue weighted by molar-refractivity contribution is -0.116. The largest absolute Gasteiger partial charge is 0.370 e. The summed E-state index contributed by atoms with van der Waals surface area (Å²) in [5.41, 5.74) is 5.23. The second-order valence-electron chi connectivity index (χ2n) is 3.98. The minimum absolute atomic E-state index is 0.145. The summed E-state index contributed by atoms with van der Waals surface area (Å²) in [6.07, 6.45) is 1.48. The molecule has 1 aromatic heterocycles. The highest BCUT2D eigenvalue weighted by atomic mass is 16.1. The van der Waals surface area contributed by atoms with E-state index in [0.717, 1.165) is 12.4 Å². The van der Waals surface area contributed by atoms with Gasteiger partial charge >= 0.3 is 0 Å². The molecule has 6 heteroatoms. The van der Waals surface area contributed by atoms with E-state index in [1.54, 1.807) is 0 Å². The van der Waals surface area contributed by atoms with E-state index in [1.807, 2.05) is 31.7 Å². The Labute approximate surface area is 101 Å². The fourth-order valence-electron chi connectivity index (χ4n) is 1.48. The SMILES string of the molecule is CCNc1cc(N(CC(N)=O)C(C)C)ncn1. The van der Waals surface area contributed by atoms with Crippen LogP contribution in [-0.4, -0.2) is 35.0 Å². The molecule has 0 radical (unpaired) electrons. The van der Waals surface area contributed by atoms with Crippen LogP contribution in [0, 0.1) is 0 Å². The second-order valence-corrected chi connectivity index (χ2v) is 3.98. The Kier molecular flexibility index (Phi) is 4.68. The minimum atomic E-state index is -0.373. The Morgan fingerprint density at radius 1 is 1.53 bits per heavy atom. The zero-order chi connectivity index (χ0) is 12.8. The zero-order valence-corrected chi connectivity index (χ0v) is 10.5. The number of rotatable bonds is 6. The van der Waals surface area contributed by atoms with Crippen molar-refractivity contribution in [1.29, 1.82) is 0 Å². The van der Waals surface area contributed by atoms with Crippen LogP contribution in [0.25, 0.3) is 0 Å². The van der Waals surface area contributed by atoms with Crippen molar-refractivity contribution in [3.8, 4) is 0 Å². The van der Waals surface area contributed by atoms with Gasteiger partial charge in [0.25, 0.3) is 0 Å². The average molecular weight is 237 g/mol. The molecule has 0 saturated carbocycles. The van der Waals surface area contributed by atoms with E-state index in [-0.39, 0.29) is 18.5 Å². The summed E-state index contributed by atoms with van der Waals surface area (Å²) in [6, 6.07) is 1.96. The lowest BCUT2D eigenvalue weighted by atomic mass is 10.3. The van der Waals surface area contributed by atoms with Gasteiger partial charge in [-0.3, -0.25) is 4.79 Å². The highest BCUT2D eigenvalue weighted by Crippen LogP contribution is 2.16. The molecular formula is C11H19N5O. The number of aromatic nitrogens is 2. The smallest absolute Gasteiger partial charge is 0.237 e. The van der Waals surface area contributed by atoms with Crippen molar-refractivity contribution >= 4 is 17.5 Å². The van der Waals surface area contributed by atoms with Crippen molar-refractivity contribution in [3.05, 3.63) is 12.4 Å². The maximum absolute atomic E-state index is 11.0. The summed E-state index contributed by atoms with van der Waals surface area (Å²) in [6.45, 7) is 6.90. The van der Waals surface area contributed by atoms with E-state index in [0.29, 0.717) is 5.82 Å². The number of hydrogen-bond donors (Lipinski definition) is 2. The van der Waals surface area contributed by atoms with Crippen LogP contribution < -0.4 is 16.0 Å². The third kappa shape index (κ3) is 3.90. The maximum Gasteiger partial charge on any atom is 0.237 e. The lowest BCUT2D eigenvalue weighted by Crippen LogP contribution is -2.39. The molecule has 0 fully saturated rings. The first-order valence-corrected chi connectivity index (χ1v) is 5.65. The highest BCUT2D eigenvalue weighted by molar-refractivity contribution is 5.79. The number of carbonyl (C=O) groups excluding carboxylic acids is 1. The third-order valence-corrected chi connectivity index (χ3v) is 2.25. The van der Waals surface area contributed by atoms with Crippen LogP contribution in [0.3, 0.4) is 0 Å². The van der Waals surface area contributed by atoms with E-state index >= 15 is 0 Å². The van der Waals surface area contributed by atoms with Gasteiger partial charge in [-0.1, -0.05) is 0 Å². The van der Waals surface area contributed by atoms with Gasteiger partial charge < -0.3 is 16.0 Å². The summed E-state index contributed by atoms with van der Waals surface area (Å²) in [5.74, 6) is 1.07. The van der Waals surface area contributed by atoms with Crippen molar-refractivity contribution in [2.24, 2.45) is 5.73 Å². The summed E-state index contributed by atoms with van der Waals surface area (Å²) < 4.78 is 0. The minimum Gasteiger partial charge on any atom is -0.370 e. The number of nitrogens with zero attached hydrogens (tertiary/aromatic N) is 3. The highest BCUT2D eigenvalue weighted by Gasteiger charge is 2.14. The lowest BCUT2D eigenvalue weighted by Gasteiger charge is -2.26. The van der Waals surface area contributed by atoms with Crippen molar-refractivity contribution in [3.63, 3.8) is 0 Å². The van der Waals surface area contributed by atoms with Gasteiger partial charge in [0.1, 0.15) is 18.0 Å². The van der Waals surface area contributed by atoms with Crippen LogP contribution in [0.1, 0.15) is 20.8 Å². The molecule has 0 unspecified atom stereocenters. The van der Waals surface area contributed by atoms with Crippen LogP contribution in [0.2, 0.25) is 0 Å². The van der Waals surface area contributed by atoms with Gasteiger partial charge in [-0.25, -0.2) is 9.97 Å². The van der Waals surface area contributed by atoms with E-state index in [2.05, 4.69) is 15.3 Å². The number of hydrogen-bond acceptors (Lipinski definition) is 5. The number of nitrogens with two attached hydrogens (primary N) is 1. The van der Waals surface area contributed by atoms with E-state index in [9.17, 15) is 4.79 Å². The van der Waals surface area contributed by atoms with Crippen molar-refractivity contribution in [2.75, 3.05) is 23.3 Å². The zero-order valence-electron chi connectivity index (χ0n) is 10.5. The van der Waals surface area contributed by atoms with Crippen LogP contribution in [0.15, 0.2) is 12.4 Å². The quantitative estimate of drug-likeness (QED) is 0.757. The molecule has 0 atom stereocenters. The van der Waals surface area contributed by atoms with Crippen LogP contribution in [0.5, 0.6) is 0 Å². The van der Waals surface area contributed by atoms with Crippen molar-refractivity contribution < 1.29 is 4.79 Å². The first kappa shape index (κ1) is 13.2. The van der Waals surface area contributed by atoms with E-state index in [1.165, 1.54) is 6.33 Å². The molecule has 1 aromatic rings. The van der Waals surface area contributed by atoms with E-state index in [4.69, 9.17) is 5.73 Å². The Bertz CT molecular complexity index is 380. The second kappa shape index (κ2) is 6.03. The topological polar surface area (TPSA) is 84.1 Å². The first-order chi connectivity index (χ1) is 8.04. The van der Waals surface area contributed by atoms with Gasteiger partial charge in [0.15, 0.2) is 0 Å². The Hall–Kier alpha value is -1.85. The number of primary amides is 1. The molecule has 1 heterocycles. The molecule has 0 aliphatic carbocycles. The third-order valence-electron chi connectivity index (χ3n) is 2.25. The summed E-state index contributed by atoms with van der Waals surface area (Å²) in [5, 5.41) is 3.10. The molecule has 0 aromatic carbocycles. The predicted molar refractivity (Wildman–Crippen MR) is 67.9 cm³/mol. The summed E-state index contributed by atoms with van der Waals surface area (Å²) in [7, 11) is 0. The number of anilines is 2. The fraction of sp³-hybridized carbons (Fsp3) is 0.545. The predicted octanol–water partition coefficient (Wildman–Crippen LogP) is 0.608. The molecule has 0 saturated heterocycles. The van der Waals surface area contributed by atoms with Crippen LogP contribution in [0.4, 0.5) is 11.6 Å². The normalized spacial score (nSPS) is 10.4. The molecule has 6 nitrogen and oxygen atoms in total. The number of amides is 1. The molecule has 3 N–H and O–H groups in total. The van der Waals surface area contributed by atoms with Gasteiger partial charge in [-0.15, -0.1) is 0 Å². The molecule has 94 valence electrons. The van der Waals surface area contributed by atoms with Crippen LogP contribution in [-0.2, 0) is 4.79 Å².